The lowest BCUT2D eigenvalue weighted by atomic mass is 10.6. The van der Waals surface area contributed by atoms with Gasteiger partial charge in [0.2, 0.25) is 0 Å². The van der Waals surface area contributed by atoms with Crippen LogP contribution in [-0.4, -0.2) is 19.8 Å². The molecule has 0 amide bonds. The van der Waals surface area contributed by atoms with Crippen molar-refractivity contribution in [3.05, 3.63) is 0 Å². The molecule has 0 unspecified atom stereocenters. The highest BCUT2D eigenvalue weighted by Crippen LogP contribution is 1.96. The number of hydrogen-bond acceptors (Lipinski definition) is 0. The van der Waals surface area contributed by atoms with Crippen LogP contribution in [0.4, 0.5) is 0 Å². The van der Waals surface area contributed by atoms with Crippen LogP contribution in [0.2, 0.25) is 5.54 Å². The van der Waals surface area contributed by atoms with Gasteiger partial charge in [-0.25, -0.2) is 0 Å². The van der Waals surface area contributed by atoms with Crippen LogP contribution in [0, 0.1) is 0 Å². The highest BCUT2D eigenvalue weighted by Gasteiger charge is 1.84. The van der Waals surface area contributed by atoms with Gasteiger partial charge in [0, 0.05) is 0 Å². The van der Waals surface area contributed by atoms with Crippen molar-refractivity contribution in [1.29, 1.82) is 0 Å². The summed E-state index contributed by atoms with van der Waals surface area (Å²) in [5.74, 6) is 0. The molecule has 40 valence electrons. The predicted molar refractivity (Wildman–Crippen MR) is 40.8 cm³/mol. The second-order valence-electron chi connectivity index (χ2n) is 1.55. The Labute approximate surface area is 50.8 Å². The van der Waals surface area contributed by atoms with E-state index in [1.807, 2.05) is 0 Å². The Morgan fingerprint density at radius 1 is 1.50 bits per heavy atom. The van der Waals surface area contributed by atoms with Crippen LogP contribution >= 0.6 is 11.1 Å². The summed E-state index contributed by atoms with van der Waals surface area (Å²) in [5.41, 5.74) is 0.789. The Hall–Kier alpha value is 0.724. The smallest absolute Gasteiger partial charge is 0.127 e. The third-order valence-corrected chi connectivity index (χ3v) is 2.78. The lowest BCUT2D eigenvalue weighted by Gasteiger charge is -1.87. The fourth-order valence-electron chi connectivity index (χ4n) is 0. The minimum Gasteiger partial charge on any atom is -0.176 e. The van der Waals surface area contributed by atoms with Gasteiger partial charge in [0.15, 0.2) is 0 Å². The van der Waals surface area contributed by atoms with E-state index in [0.717, 1.165) is 5.54 Å². The van der Waals surface area contributed by atoms with E-state index in [2.05, 4.69) is 13.8 Å². The van der Waals surface area contributed by atoms with Gasteiger partial charge in [-0.05, 0) is 16.5 Å². The summed E-state index contributed by atoms with van der Waals surface area (Å²) in [6.07, 6.45) is 0. The summed E-state index contributed by atoms with van der Waals surface area (Å²) < 4.78 is 0. The number of halogens is 1. The molecule has 0 aliphatic rings. The molecule has 0 rings (SSSR count). The van der Waals surface area contributed by atoms with Gasteiger partial charge in [-0.2, -0.15) is 11.1 Å². The van der Waals surface area contributed by atoms with Crippen LogP contribution in [0.5, 0.6) is 0 Å². The van der Waals surface area contributed by atoms with E-state index < -0.39 is 0 Å². The van der Waals surface area contributed by atoms with Crippen LogP contribution in [-0.2, 0) is 0 Å². The maximum atomic E-state index is 5.48. The van der Waals surface area contributed by atoms with Crippen LogP contribution < -0.4 is 0 Å². The zero-order valence-electron chi connectivity index (χ0n) is 3.66. The van der Waals surface area contributed by atoms with Crippen LogP contribution in [0.3, 0.4) is 0 Å². The van der Waals surface area contributed by atoms with Gasteiger partial charge in [-0.1, -0.05) is 13.8 Å². The fraction of sp³-hybridized carbons (Fsp3) is 1.00. The van der Waals surface area contributed by atoms with E-state index in [4.69, 9.17) is 11.1 Å². The molecule has 0 aromatic carbocycles. The first-order valence-corrected chi connectivity index (χ1v) is 4.78. The minimum atomic E-state index is -0.179. The molecule has 0 radical (unpaired) electrons. The Morgan fingerprint density at radius 3 is 1.67 bits per heavy atom. The summed E-state index contributed by atoms with van der Waals surface area (Å²) in [6.45, 7) is 4.30. The number of hydrogen-bond donors (Lipinski definition) is 0. The van der Waals surface area contributed by atoms with Crippen molar-refractivity contribution in [2.45, 2.75) is 19.4 Å². The zero-order chi connectivity index (χ0) is 4.28. The molecule has 0 atom stereocenters. The molecule has 0 saturated heterocycles. The topological polar surface area (TPSA) is 0 Å². The third-order valence-electron chi connectivity index (χ3n) is 0.309. The largest absolute Gasteiger partial charge is 0.176 e. The molecular formula is C3H13ClSi2. The number of rotatable bonds is 1. The molecule has 6 heavy (non-hydrogen) atoms. The molecule has 0 fully saturated rings. The Morgan fingerprint density at radius 2 is 1.67 bits per heavy atom. The van der Waals surface area contributed by atoms with Crippen LogP contribution in [0.25, 0.3) is 0 Å². The van der Waals surface area contributed by atoms with Crippen molar-refractivity contribution in [2.75, 3.05) is 0 Å². The molecule has 0 bridgehead atoms. The van der Waals surface area contributed by atoms with Gasteiger partial charge in [0.05, 0.1) is 0 Å². The predicted octanol–water partition coefficient (Wildman–Crippen LogP) is -0.314. The Bertz CT molecular complexity index is 22.8. The normalized spacial score (nSPS) is 10.0. The monoisotopic (exact) mass is 140 g/mol. The highest BCUT2D eigenvalue weighted by atomic mass is 35.6. The summed E-state index contributed by atoms with van der Waals surface area (Å²) in [7, 11) is -0.179. The summed E-state index contributed by atoms with van der Waals surface area (Å²) in [4.78, 5) is 0. The van der Waals surface area contributed by atoms with Gasteiger partial charge in [0.25, 0.3) is 0 Å². The average Bonchev–Trinajstić information content (AvgIpc) is 1.38. The Kier molecular flexibility index (Phi) is 9.42. The molecule has 0 aromatic heterocycles. The lowest BCUT2D eigenvalue weighted by molar-refractivity contribution is 1.07. The zero-order valence-corrected chi connectivity index (χ0v) is 5.83. The fourth-order valence-corrected chi connectivity index (χ4v) is 0. The van der Waals surface area contributed by atoms with Crippen molar-refractivity contribution < 1.29 is 0 Å². The van der Waals surface area contributed by atoms with E-state index in [0.29, 0.717) is 0 Å². The maximum Gasteiger partial charge on any atom is 0.127 e. The van der Waals surface area contributed by atoms with E-state index in [-0.39, 0.29) is 19.8 Å². The third kappa shape index (κ3) is 8.83. The second kappa shape index (κ2) is 5.72. The molecule has 0 N–H and O–H groups in total. The van der Waals surface area contributed by atoms with Gasteiger partial charge < -0.3 is 0 Å². The van der Waals surface area contributed by atoms with Crippen molar-refractivity contribution in [3.8, 4) is 0 Å². The van der Waals surface area contributed by atoms with E-state index in [1.165, 1.54) is 0 Å². The van der Waals surface area contributed by atoms with Crippen LogP contribution in [0.1, 0.15) is 13.8 Å². The second-order valence-corrected chi connectivity index (χ2v) is 4.42. The van der Waals surface area contributed by atoms with E-state index >= 15 is 0 Å². The first kappa shape index (κ1) is 9.87. The van der Waals surface area contributed by atoms with E-state index in [1.54, 1.807) is 0 Å². The van der Waals surface area contributed by atoms with Gasteiger partial charge in [-0.3, -0.25) is 0 Å². The quantitative estimate of drug-likeness (QED) is 0.346. The summed E-state index contributed by atoms with van der Waals surface area (Å²) >= 11 is 5.48. The molecule has 0 aliphatic carbocycles. The van der Waals surface area contributed by atoms with Gasteiger partial charge in [-0.15, -0.1) is 0 Å². The first-order chi connectivity index (χ1) is 2.27. The minimum absolute atomic E-state index is 0. The highest BCUT2D eigenvalue weighted by molar-refractivity contribution is 6.94. The van der Waals surface area contributed by atoms with Gasteiger partial charge >= 0.3 is 0 Å². The van der Waals surface area contributed by atoms with Crippen LogP contribution in [0.15, 0.2) is 0 Å². The molecule has 0 heterocycles. The Balaban J connectivity index is 0. The molecule has 0 nitrogen and oxygen atoms in total. The van der Waals surface area contributed by atoms with E-state index in [9.17, 15) is 0 Å². The molecule has 0 aromatic rings. The first-order valence-electron chi connectivity index (χ1n) is 1.83. The summed E-state index contributed by atoms with van der Waals surface area (Å²) in [6, 6.07) is 0. The SMILES string of the molecule is CC(C)[SiH2]Cl.[SiH4]. The van der Waals surface area contributed by atoms with Gasteiger partial charge in [0.1, 0.15) is 8.83 Å². The van der Waals surface area contributed by atoms with Crippen molar-refractivity contribution >= 4 is 30.9 Å². The lowest BCUT2D eigenvalue weighted by Crippen LogP contribution is -1.80. The van der Waals surface area contributed by atoms with Crippen molar-refractivity contribution in [2.24, 2.45) is 0 Å². The van der Waals surface area contributed by atoms with Crippen molar-refractivity contribution in [3.63, 3.8) is 0 Å². The van der Waals surface area contributed by atoms with Crippen molar-refractivity contribution in [1.82, 2.24) is 0 Å². The molecule has 0 saturated carbocycles. The standard InChI is InChI=1S/C3H9ClSi.H4Si/c1-3(2)5-4;/h3H,5H2,1-2H3;1H4. The maximum absolute atomic E-state index is 5.48. The molecule has 0 aliphatic heterocycles. The molecule has 3 heteroatoms. The summed E-state index contributed by atoms with van der Waals surface area (Å²) in [5, 5.41) is 0. The molecule has 0 spiro atoms. The molecular weight excluding hydrogens is 128 g/mol. The average molecular weight is 141 g/mol.